The summed E-state index contributed by atoms with van der Waals surface area (Å²) in [5.74, 6) is 0.888. The lowest BCUT2D eigenvalue weighted by Gasteiger charge is -2.13. The molecule has 0 saturated carbocycles. The van der Waals surface area contributed by atoms with Crippen molar-refractivity contribution in [2.75, 3.05) is 21.3 Å². The van der Waals surface area contributed by atoms with Gasteiger partial charge in [0, 0.05) is 24.1 Å². The molecule has 0 aliphatic carbocycles. The number of esters is 1. The van der Waals surface area contributed by atoms with E-state index >= 15 is 0 Å². The van der Waals surface area contributed by atoms with Gasteiger partial charge in [0.25, 0.3) is 0 Å². The van der Waals surface area contributed by atoms with E-state index in [4.69, 9.17) is 18.9 Å². The zero-order valence-electron chi connectivity index (χ0n) is 14.6. The van der Waals surface area contributed by atoms with Crippen LogP contribution in [0.15, 0.2) is 36.4 Å². The Labute approximate surface area is 146 Å². The number of ketones is 1. The molecule has 2 rings (SSSR count). The molecule has 0 amide bonds. The summed E-state index contributed by atoms with van der Waals surface area (Å²) in [5.41, 5.74) is 0.778. The van der Waals surface area contributed by atoms with Gasteiger partial charge in [0.05, 0.1) is 21.3 Å². The second kappa shape index (κ2) is 8.19. The molecule has 0 saturated heterocycles. The van der Waals surface area contributed by atoms with Gasteiger partial charge in [-0.05, 0) is 24.3 Å². The van der Waals surface area contributed by atoms with Gasteiger partial charge >= 0.3 is 5.97 Å². The SMILES string of the molecule is CCC(=O)c1ccc(OC(=O)c2cc(OC)c(OC)cc2OC)cc1. The third-order valence-corrected chi connectivity index (χ3v) is 3.63. The number of Topliss-reactive ketones (excluding diaryl/α,β-unsaturated/α-hetero) is 1. The number of hydrogen-bond donors (Lipinski definition) is 0. The van der Waals surface area contributed by atoms with Crippen molar-refractivity contribution in [3.63, 3.8) is 0 Å². The van der Waals surface area contributed by atoms with E-state index in [9.17, 15) is 9.59 Å². The van der Waals surface area contributed by atoms with Crippen molar-refractivity contribution in [2.24, 2.45) is 0 Å². The second-order valence-electron chi connectivity index (χ2n) is 5.10. The minimum Gasteiger partial charge on any atom is -0.496 e. The molecule has 0 aliphatic rings. The van der Waals surface area contributed by atoms with E-state index in [1.807, 2.05) is 0 Å². The van der Waals surface area contributed by atoms with Gasteiger partial charge in [-0.2, -0.15) is 0 Å². The van der Waals surface area contributed by atoms with Crippen LogP contribution in [0, 0.1) is 0 Å². The minimum absolute atomic E-state index is 0.0273. The van der Waals surface area contributed by atoms with Crippen LogP contribution in [0.3, 0.4) is 0 Å². The maximum absolute atomic E-state index is 12.5. The number of methoxy groups -OCH3 is 3. The third kappa shape index (κ3) is 4.09. The molecule has 0 heterocycles. The fourth-order valence-electron chi connectivity index (χ4n) is 2.26. The van der Waals surface area contributed by atoms with Crippen LogP contribution in [0.5, 0.6) is 23.0 Å². The topological polar surface area (TPSA) is 71.1 Å². The molecule has 2 aromatic rings. The average molecular weight is 344 g/mol. The largest absolute Gasteiger partial charge is 0.496 e. The van der Waals surface area contributed by atoms with Gasteiger partial charge in [-0.3, -0.25) is 4.79 Å². The zero-order chi connectivity index (χ0) is 18.4. The summed E-state index contributed by atoms with van der Waals surface area (Å²) >= 11 is 0. The highest BCUT2D eigenvalue weighted by molar-refractivity contribution is 5.97. The van der Waals surface area contributed by atoms with Crippen molar-refractivity contribution in [1.82, 2.24) is 0 Å². The smallest absolute Gasteiger partial charge is 0.347 e. The van der Waals surface area contributed by atoms with Crippen LogP contribution in [0.4, 0.5) is 0 Å². The van der Waals surface area contributed by atoms with E-state index in [0.29, 0.717) is 35.0 Å². The fourth-order valence-corrected chi connectivity index (χ4v) is 2.26. The summed E-state index contributed by atoms with van der Waals surface area (Å²) in [4.78, 5) is 24.1. The molecule has 0 atom stereocenters. The lowest BCUT2D eigenvalue weighted by Crippen LogP contribution is -2.11. The summed E-state index contributed by atoms with van der Waals surface area (Å²) in [6, 6.07) is 9.45. The van der Waals surface area contributed by atoms with Crippen LogP contribution < -0.4 is 18.9 Å². The van der Waals surface area contributed by atoms with Crippen LogP contribution in [0.25, 0.3) is 0 Å². The fraction of sp³-hybridized carbons (Fsp3) is 0.263. The Bertz CT molecular complexity index is 764. The molecule has 6 heteroatoms. The van der Waals surface area contributed by atoms with Gasteiger partial charge in [0.15, 0.2) is 17.3 Å². The molecular formula is C19H20O6. The molecule has 0 radical (unpaired) electrons. The minimum atomic E-state index is -0.604. The molecule has 0 N–H and O–H groups in total. The third-order valence-electron chi connectivity index (χ3n) is 3.63. The average Bonchev–Trinajstić information content (AvgIpc) is 2.66. The molecule has 25 heavy (non-hydrogen) atoms. The van der Waals surface area contributed by atoms with Crippen molar-refractivity contribution < 1.29 is 28.5 Å². The van der Waals surface area contributed by atoms with Crippen molar-refractivity contribution in [3.05, 3.63) is 47.5 Å². The van der Waals surface area contributed by atoms with Crippen molar-refractivity contribution in [1.29, 1.82) is 0 Å². The molecule has 0 unspecified atom stereocenters. The highest BCUT2D eigenvalue weighted by Gasteiger charge is 2.19. The molecule has 0 aromatic heterocycles. The normalized spacial score (nSPS) is 10.1. The molecule has 0 spiro atoms. The van der Waals surface area contributed by atoms with Gasteiger partial charge in [0.2, 0.25) is 0 Å². The van der Waals surface area contributed by atoms with Crippen molar-refractivity contribution >= 4 is 11.8 Å². The first-order valence-electron chi connectivity index (χ1n) is 7.69. The van der Waals surface area contributed by atoms with Crippen molar-refractivity contribution in [3.8, 4) is 23.0 Å². The lowest BCUT2D eigenvalue weighted by molar-refractivity contribution is 0.0730. The number of hydrogen-bond acceptors (Lipinski definition) is 6. The summed E-state index contributed by atoms with van der Waals surface area (Å²) in [5, 5.41) is 0. The van der Waals surface area contributed by atoms with Crippen molar-refractivity contribution in [2.45, 2.75) is 13.3 Å². The number of rotatable bonds is 7. The second-order valence-corrected chi connectivity index (χ2v) is 5.10. The Balaban J connectivity index is 2.27. The summed E-state index contributed by atoms with van der Waals surface area (Å²) in [6.45, 7) is 1.79. The van der Waals surface area contributed by atoms with E-state index in [2.05, 4.69) is 0 Å². The van der Waals surface area contributed by atoms with Gasteiger partial charge in [-0.15, -0.1) is 0 Å². The molecule has 0 bridgehead atoms. The maximum atomic E-state index is 12.5. The van der Waals surface area contributed by atoms with E-state index < -0.39 is 5.97 Å². The van der Waals surface area contributed by atoms with Gasteiger partial charge in [0.1, 0.15) is 17.1 Å². The van der Waals surface area contributed by atoms with Crippen LogP contribution in [-0.2, 0) is 0 Å². The Morgan fingerprint density at radius 3 is 1.92 bits per heavy atom. The first-order valence-corrected chi connectivity index (χ1v) is 7.69. The number of ether oxygens (including phenoxy) is 4. The molecule has 0 fully saturated rings. The quantitative estimate of drug-likeness (QED) is 0.435. The van der Waals surface area contributed by atoms with Crippen LogP contribution in [0.2, 0.25) is 0 Å². The number of carbonyl (C=O) groups is 2. The summed E-state index contributed by atoms with van der Waals surface area (Å²) < 4.78 is 21.0. The molecule has 6 nitrogen and oxygen atoms in total. The first kappa shape index (κ1) is 18.3. The van der Waals surface area contributed by atoms with Gasteiger partial charge in [-0.25, -0.2) is 4.79 Å². The molecular weight excluding hydrogens is 324 g/mol. The Hall–Kier alpha value is -3.02. The predicted octanol–water partition coefficient (Wildman–Crippen LogP) is 3.52. The molecule has 2 aromatic carbocycles. The zero-order valence-corrected chi connectivity index (χ0v) is 14.6. The monoisotopic (exact) mass is 344 g/mol. The van der Waals surface area contributed by atoms with E-state index in [1.165, 1.54) is 27.4 Å². The van der Waals surface area contributed by atoms with E-state index in [1.54, 1.807) is 37.3 Å². The number of carbonyl (C=O) groups excluding carboxylic acids is 2. The van der Waals surface area contributed by atoms with Gasteiger partial charge < -0.3 is 18.9 Å². The highest BCUT2D eigenvalue weighted by Crippen LogP contribution is 2.35. The van der Waals surface area contributed by atoms with Gasteiger partial charge in [-0.1, -0.05) is 6.92 Å². The van der Waals surface area contributed by atoms with Crippen LogP contribution >= 0.6 is 0 Å². The Morgan fingerprint density at radius 1 is 0.840 bits per heavy atom. The predicted molar refractivity (Wildman–Crippen MR) is 92.1 cm³/mol. The standard InChI is InChI=1S/C19H20O6/c1-5-15(20)12-6-8-13(9-7-12)25-19(21)14-10-17(23-3)18(24-4)11-16(14)22-2/h6-11H,5H2,1-4H3. The molecule has 132 valence electrons. The lowest BCUT2D eigenvalue weighted by atomic mass is 10.1. The summed E-state index contributed by atoms with van der Waals surface area (Å²) in [7, 11) is 4.42. The van der Waals surface area contributed by atoms with E-state index in [0.717, 1.165) is 0 Å². The Morgan fingerprint density at radius 2 is 1.40 bits per heavy atom. The number of benzene rings is 2. The Kier molecular flexibility index (Phi) is 6.00. The maximum Gasteiger partial charge on any atom is 0.347 e. The molecule has 0 aliphatic heterocycles. The highest BCUT2D eigenvalue weighted by atomic mass is 16.5. The van der Waals surface area contributed by atoms with Crippen LogP contribution in [0.1, 0.15) is 34.1 Å². The first-order chi connectivity index (χ1) is 12.0. The summed E-state index contributed by atoms with van der Waals surface area (Å²) in [6.07, 6.45) is 0.419. The van der Waals surface area contributed by atoms with Crippen LogP contribution in [-0.4, -0.2) is 33.1 Å². The van der Waals surface area contributed by atoms with E-state index in [-0.39, 0.29) is 11.3 Å².